The third-order valence-electron chi connectivity index (χ3n) is 4.94. The van der Waals surface area contributed by atoms with E-state index in [4.69, 9.17) is 0 Å². The average molecular weight is 385 g/mol. The summed E-state index contributed by atoms with van der Waals surface area (Å²) < 4.78 is 13.3. The fourth-order valence-corrected chi connectivity index (χ4v) is 3.29. The van der Waals surface area contributed by atoms with Gasteiger partial charge >= 0.3 is 0 Å². The Morgan fingerprint density at radius 3 is 2.71 bits per heavy atom. The molecule has 0 unspecified atom stereocenters. The third kappa shape index (κ3) is 5.66. The number of hydrogen-bond acceptors (Lipinski definition) is 4. The van der Waals surface area contributed by atoms with Gasteiger partial charge in [0.15, 0.2) is 5.96 Å². The molecule has 0 amide bonds. The molecule has 1 fully saturated rings. The molecule has 1 aliphatic heterocycles. The van der Waals surface area contributed by atoms with Crippen molar-refractivity contribution in [2.75, 3.05) is 51.7 Å². The lowest BCUT2D eigenvalue weighted by molar-refractivity contribution is 0.312. The number of nitrogens with zero attached hydrogens (tertiary/aromatic N) is 4. The van der Waals surface area contributed by atoms with Crippen molar-refractivity contribution in [3.05, 3.63) is 59.5 Å². The molecule has 0 aliphatic carbocycles. The van der Waals surface area contributed by atoms with E-state index in [1.165, 1.54) is 6.07 Å². The molecule has 0 spiro atoms. The molecule has 0 saturated carbocycles. The van der Waals surface area contributed by atoms with Crippen LogP contribution < -0.4 is 15.5 Å². The number of aliphatic imine (C=N–C) groups is 1. The van der Waals surface area contributed by atoms with Gasteiger partial charge in [0, 0.05) is 58.1 Å². The maximum absolute atomic E-state index is 13.3. The van der Waals surface area contributed by atoms with E-state index < -0.39 is 0 Å². The molecule has 1 aromatic heterocycles. The van der Waals surface area contributed by atoms with E-state index in [9.17, 15) is 4.39 Å². The second-order valence-corrected chi connectivity index (χ2v) is 7.01. The summed E-state index contributed by atoms with van der Waals surface area (Å²) in [5.74, 6) is 1.57. The molecule has 0 bridgehead atoms. The fraction of sp³-hybridized carbons (Fsp3) is 0.429. The second kappa shape index (κ2) is 10.0. The van der Waals surface area contributed by atoms with Crippen LogP contribution in [0.2, 0.25) is 0 Å². The highest BCUT2D eigenvalue weighted by atomic mass is 19.1. The summed E-state index contributed by atoms with van der Waals surface area (Å²) in [6, 6.07) is 10.8. The minimum absolute atomic E-state index is 0.201. The Balaban J connectivity index is 1.52. The van der Waals surface area contributed by atoms with Gasteiger partial charge in [0.25, 0.3) is 0 Å². The van der Waals surface area contributed by atoms with Gasteiger partial charge in [-0.05, 0) is 37.2 Å². The normalized spacial score (nSPS) is 15.5. The summed E-state index contributed by atoms with van der Waals surface area (Å²) in [4.78, 5) is 13.6. The number of likely N-dealkylation sites (N-methyl/N-ethyl adjacent to an activating group) is 1. The monoisotopic (exact) mass is 384 g/mol. The van der Waals surface area contributed by atoms with Gasteiger partial charge in [0.2, 0.25) is 0 Å². The van der Waals surface area contributed by atoms with Crippen LogP contribution >= 0.6 is 0 Å². The molecule has 28 heavy (non-hydrogen) atoms. The number of anilines is 1. The van der Waals surface area contributed by atoms with Crippen LogP contribution in [0.15, 0.2) is 47.6 Å². The van der Waals surface area contributed by atoms with E-state index in [0.717, 1.165) is 55.5 Å². The van der Waals surface area contributed by atoms with Gasteiger partial charge in [-0.3, -0.25) is 4.99 Å². The lowest BCUT2D eigenvalue weighted by Gasteiger charge is -2.34. The first-order valence-electron chi connectivity index (χ1n) is 9.72. The van der Waals surface area contributed by atoms with Gasteiger partial charge in [-0.2, -0.15) is 0 Å². The van der Waals surface area contributed by atoms with Gasteiger partial charge in [-0.15, -0.1) is 0 Å². The molecule has 2 aromatic rings. The van der Waals surface area contributed by atoms with E-state index in [2.05, 4.69) is 43.5 Å². The van der Waals surface area contributed by atoms with Crippen LogP contribution in [0.1, 0.15) is 11.1 Å². The molecule has 150 valence electrons. The first-order chi connectivity index (χ1) is 13.7. The SMILES string of the molecule is CN=C(NCCc1cccc(F)c1)NCc1cccnc1N1CCN(C)CC1. The molecule has 2 N–H and O–H groups in total. The highest BCUT2D eigenvalue weighted by Crippen LogP contribution is 2.18. The Bertz CT molecular complexity index is 786. The van der Waals surface area contributed by atoms with E-state index >= 15 is 0 Å². The molecule has 6 nitrogen and oxygen atoms in total. The largest absolute Gasteiger partial charge is 0.356 e. The summed E-state index contributed by atoms with van der Waals surface area (Å²) >= 11 is 0. The average Bonchev–Trinajstić information content (AvgIpc) is 2.71. The van der Waals surface area contributed by atoms with Gasteiger partial charge < -0.3 is 20.4 Å². The van der Waals surface area contributed by atoms with Crippen molar-refractivity contribution in [3.8, 4) is 0 Å². The van der Waals surface area contributed by atoms with E-state index in [1.54, 1.807) is 19.2 Å². The number of nitrogens with one attached hydrogen (secondary N) is 2. The first-order valence-corrected chi connectivity index (χ1v) is 9.72. The summed E-state index contributed by atoms with van der Waals surface area (Å²) in [7, 11) is 3.90. The number of aromatic nitrogens is 1. The van der Waals surface area contributed by atoms with Crippen molar-refractivity contribution < 1.29 is 4.39 Å². The maximum atomic E-state index is 13.3. The quantitative estimate of drug-likeness (QED) is 0.588. The lowest BCUT2D eigenvalue weighted by Crippen LogP contribution is -2.45. The molecule has 3 rings (SSSR count). The molecule has 1 aliphatic rings. The van der Waals surface area contributed by atoms with Crippen molar-refractivity contribution in [3.63, 3.8) is 0 Å². The van der Waals surface area contributed by atoms with Crippen LogP contribution in [-0.4, -0.2) is 62.7 Å². The first kappa shape index (κ1) is 20.1. The third-order valence-corrected chi connectivity index (χ3v) is 4.94. The Labute approximate surface area is 166 Å². The van der Waals surface area contributed by atoms with E-state index in [0.29, 0.717) is 13.1 Å². The van der Waals surface area contributed by atoms with Crippen molar-refractivity contribution in [1.82, 2.24) is 20.5 Å². The molecule has 7 heteroatoms. The Hall–Kier alpha value is -2.67. The molecular formula is C21H29FN6. The van der Waals surface area contributed by atoms with Crippen LogP contribution in [0, 0.1) is 5.82 Å². The zero-order valence-electron chi connectivity index (χ0n) is 16.7. The van der Waals surface area contributed by atoms with Crippen molar-refractivity contribution in [1.29, 1.82) is 0 Å². The summed E-state index contributed by atoms with van der Waals surface area (Å²) in [5.41, 5.74) is 2.12. The maximum Gasteiger partial charge on any atom is 0.191 e. The van der Waals surface area contributed by atoms with Crippen molar-refractivity contribution >= 4 is 11.8 Å². The molecule has 0 atom stereocenters. The highest BCUT2D eigenvalue weighted by Gasteiger charge is 2.17. The minimum Gasteiger partial charge on any atom is -0.356 e. The van der Waals surface area contributed by atoms with E-state index in [-0.39, 0.29) is 5.82 Å². The van der Waals surface area contributed by atoms with E-state index in [1.807, 2.05) is 18.3 Å². The predicted octanol–water partition coefficient (Wildman–Crippen LogP) is 1.88. The number of rotatable bonds is 6. The summed E-state index contributed by atoms with van der Waals surface area (Å²) in [5, 5.41) is 6.65. The zero-order valence-corrected chi connectivity index (χ0v) is 16.7. The second-order valence-electron chi connectivity index (χ2n) is 7.01. The predicted molar refractivity (Wildman–Crippen MR) is 112 cm³/mol. The standard InChI is InChI=1S/C21H29FN6/c1-23-21(25-10-8-17-5-3-7-19(22)15-17)26-16-18-6-4-9-24-20(18)28-13-11-27(2)12-14-28/h3-7,9,15H,8,10-14,16H2,1-2H3,(H2,23,25,26). The number of pyridine rings is 1. The molecule has 1 saturated heterocycles. The fourth-order valence-electron chi connectivity index (χ4n) is 3.29. The van der Waals surface area contributed by atoms with Crippen LogP contribution in [0.5, 0.6) is 0 Å². The lowest BCUT2D eigenvalue weighted by atomic mass is 10.1. The number of benzene rings is 1. The number of guanidine groups is 1. The summed E-state index contributed by atoms with van der Waals surface area (Å²) in [6.07, 6.45) is 2.58. The zero-order chi connectivity index (χ0) is 19.8. The van der Waals surface area contributed by atoms with Gasteiger partial charge in [0.05, 0.1) is 0 Å². The topological polar surface area (TPSA) is 55.8 Å². The van der Waals surface area contributed by atoms with Gasteiger partial charge in [-0.1, -0.05) is 18.2 Å². The van der Waals surface area contributed by atoms with Crippen molar-refractivity contribution in [2.45, 2.75) is 13.0 Å². The summed E-state index contributed by atoms with van der Waals surface area (Å²) in [6.45, 7) is 5.40. The van der Waals surface area contributed by atoms with Crippen LogP contribution in [-0.2, 0) is 13.0 Å². The Morgan fingerprint density at radius 2 is 1.96 bits per heavy atom. The Morgan fingerprint density at radius 1 is 1.14 bits per heavy atom. The number of halogens is 1. The highest BCUT2D eigenvalue weighted by molar-refractivity contribution is 5.79. The minimum atomic E-state index is -0.201. The van der Waals surface area contributed by atoms with Gasteiger partial charge in [0.1, 0.15) is 11.6 Å². The molecule has 2 heterocycles. The molecule has 0 radical (unpaired) electrons. The van der Waals surface area contributed by atoms with Crippen LogP contribution in [0.4, 0.5) is 10.2 Å². The molecule has 1 aromatic carbocycles. The van der Waals surface area contributed by atoms with Crippen molar-refractivity contribution in [2.24, 2.45) is 4.99 Å². The van der Waals surface area contributed by atoms with Gasteiger partial charge in [-0.25, -0.2) is 9.37 Å². The number of hydrogen-bond donors (Lipinski definition) is 2. The van der Waals surface area contributed by atoms with Crippen LogP contribution in [0.3, 0.4) is 0 Å². The van der Waals surface area contributed by atoms with Crippen LogP contribution in [0.25, 0.3) is 0 Å². The smallest absolute Gasteiger partial charge is 0.191 e. The Kier molecular flexibility index (Phi) is 7.19. The molecular weight excluding hydrogens is 355 g/mol. The number of piperazine rings is 1.